The first-order valence-corrected chi connectivity index (χ1v) is 7.95. The fraction of sp³-hybridized carbons (Fsp3) is 0. The van der Waals surface area contributed by atoms with Crippen molar-refractivity contribution in [1.82, 2.24) is 6.15 Å². The van der Waals surface area contributed by atoms with E-state index in [0.717, 1.165) is 0 Å². The summed E-state index contributed by atoms with van der Waals surface area (Å²) in [5, 5.41) is 0. The van der Waals surface area contributed by atoms with Crippen molar-refractivity contribution in [2.75, 3.05) is 0 Å². The third-order valence-corrected chi connectivity index (χ3v) is 0.766. The van der Waals surface area contributed by atoms with Crippen LogP contribution in [0.4, 0.5) is 0 Å². The molecule has 0 atom stereocenters. The van der Waals surface area contributed by atoms with Gasteiger partial charge in [-0.1, -0.05) is 8.67 Å². The maximum atomic E-state index is 9.51. The van der Waals surface area contributed by atoms with Crippen LogP contribution in [0.15, 0.2) is 0 Å². The number of hydrogen-bond acceptors (Lipinski definition) is 10. The molecule has 0 aliphatic rings. The molecule has 0 unspecified atom stereocenters. The molecule has 0 aromatic heterocycles. The van der Waals surface area contributed by atoms with Gasteiger partial charge in [-0.2, -0.15) is 25.3 Å². The van der Waals surface area contributed by atoms with E-state index in [4.69, 9.17) is 26.6 Å². The van der Waals surface area contributed by atoms with Gasteiger partial charge in [0.25, 0.3) is 0 Å². The van der Waals surface area contributed by atoms with Gasteiger partial charge in [-0.25, -0.2) is 0 Å². The molecule has 0 saturated heterocycles. The van der Waals surface area contributed by atoms with Gasteiger partial charge in [0.15, 0.2) is 0 Å². The van der Waals surface area contributed by atoms with Crippen LogP contribution in [-0.2, 0) is 70.8 Å². The Kier molecular flexibility index (Phi) is 23.2. The van der Waals surface area contributed by atoms with Gasteiger partial charge in [0, 0.05) is 17.1 Å². The van der Waals surface area contributed by atoms with Gasteiger partial charge >= 0.3 is 55.7 Å². The van der Waals surface area contributed by atoms with Gasteiger partial charge < -0.3 is 6.15 Å². The Morgan fingerprint density at radius 3 is 0.895 bits per heavy atom. The second-order valence-corrected chi connectivity index (χ2v) is 4.32. The molecule has 0 aliphatic heterocycles. The molecule has 0 fully saturated rings. The fourth-order valence-electron chi connectivity index (χ4n) is 0.0702. The Labute approximate surface area is 130 Å². The average molecular weight is 464 g/mol. The van der Waals surface area contributed by atoms with Crippen molar-refractivity contribution >= 4 is 41.9 Å². The van der Waals surface area contributed by atoms with E-state index < -0.39 is 31.2 Å². The van der Waals surface area contributed by atoms with Gasteiger partial charge in [-0.15, -0.1) is 0 Å². The van der Waals surface area contributed by atoms with Crippen LogP contribution in [0.1, 0.15) is 0 Å². The third kappa shape index (κ3) is 87.2. The van der Waals surface area contributed by atoms with E-state index in [2.05, 4.69) is 33.2 Å². The predicted octanol–water partition coefficient (Wildman–Crippen LogP) is -1.31. The van der Waals surface area contributed by atoms with Crippen LogP contribution in [0, 0.1) is 0 Å². The minimum atomic E-state index is -5.02. The van der Waals surface area contributed by atoms with Gasteiger partial charge in [-0.3, -0.25) is 18.2 Å². The van der Waals surface area contributed by atoms with Crippen molar-refractivity contribution in [2.24, 2.45) is 0 Å². The van der Waals surface area contributed by atoms with E-state index >= 15 is 0 Å². The quantitative estimate of drug-likeness (QED) is 0.141. The standard InChI is InChI=1S/Cu.H3N.Ni.H2O8S2.H2O4S.S/c;;;1-9(2,3)7-8-10(4,5)6;1-5(2,3)4;/h;1H3;;(H,1,2,3)(H,4,5,6);(H2,1,2,3,4);. The van der Waals surface area contributed by atoms with Gasteiger partial charge in [0.1, 0.15) is 0 Å². The average Bonchev–Trinajstić information content (AvgIpc) is 1.99. The van der Waals surface area contributed by atoms with Crippen molar-refractivity contribution in [3.63, 3.8) is 0 Å². The molecule has 129 valence electrons. The molecule has 0 amide bonds. The Hall–Kier alpha value is 0.803. The molecule has 0 aromatic rings. The first-order valence-electron chi connectivity index (χ1n) is 2.36. The van der Waals surface area contributed by atoms with Crippen LogP contribution in [0.2, 0.25) is 0 Å². The molecule has 19 heteroatoms. The van der Waals surface area contributed by atoms with Crippen LogP contribution < -0.4 is 6.15 Å². The van der Waals surface area contributed by atoms with Crippen LogP contribution in [0.5, 0.6) is 0 Å². The number of hydrogen-bond donors (Lipinski definition) is 5. The Bertz CT molecular complexity index is 448. The van der Waals surface area contributed by atoms with E-state index in [1.54, 1.807) is 0 Å². The monoisotopic (exact) mass is 462 g/mol. The van der Waals surface area contributed by atoms with Crippen molar-refractivity contribution in [3.8, 4) is 0 Å². The molecule has 0 spiro atoms. The summed E-state index contributed by atoms with van der Waals surface area (Å²) in [4.78, 5) is 0. The first kappa shape index (κ1) is 32.0. The summed E-state index contributed by atoms with van der Waals surface area (Å²) in [5.41, 5.74) is 0. The zero-order valence-corrected chi connectivity index (χ0v) is 13.2. The van der Waals surface area contributed by atoms with Crippen molar-refractivity contribution in [2.45, 2.75) is 0 Å². The molecule has 0 bridgehead atoms. The molecule has 1 radical (unpaired) electrons. The molecule has 0 rings (SSSR count). The molecule has 0 aliphatic carbocycles. The first-order chi connectivity index (χ1) is 7.21. The molecule has 19 heavy (non-hydrogen) atoms. The summed E-state index contributed by atoms with van der Waals surface area (Å²) in [6, 6.07) is 0. The second-order valence-electron chi connectivity index (χ2n) is 1.44. The van der Waals surface area contributed by atoms with Crippen LogP contribution in [0.25, 0.3) is 0 Å². The zero-order chi connectivity index (χ0) is 14.9. The molecular weight excluding hydrogens is 457 g/mol. The van der Waals surface area contributed by atoms with E-state index in [0.29, 0.717) is 0 Å². The Balaban J connectivity index is -0.0000000627. The number of rotatable bonds is 3. The van der Waals surface area contributed by atoms with E-state index in [9.17, 15) is 16.8 Å². The molecule has 0 heterocycles. The minimum absolute atomic E-state index is 0. The summed E-state index contributed by atoms with van der Waals surface area (Å²) in [7, 11) is -11.0. The third-order valence-electron chi connectivity index (χ3n) is 0.200. The van der Waals surface area contributed by atoms with E-state index in [1.807, 2.05) is 0 Å². The normalized spacial score (nSPS) is 10.4. The summed E-state index contributed by atoms with van der Waals surface area (Å²) >= 11 is 3.46. The van der Waals surface area contributed by atoms with Gasteiger partial charge in [0.05, 0.1) is 0 Å². The van der Waals surface area contributed by atoms with E-state index in [-0.39, 0.29) is 23.2 Å². The molecular formula is H7CuNNiO12S4. The van der Waals surface area contributed by atoms with Crippen molar-refractivity contribution < 1.29 is 83.1 Å². The van der Waals surface area contributed by atoms with Crippen molar-refractivity contribution in [1.29, 1.82) is 0 Å². The van der Waals surface area contributed by atoms with Gasteiger partial charge in [-0.05, 0) is 0 Å². The molecule has 0 aromatic carbocycles. The van der Waals surface area contributed by atoms with Gasteiger partial charge in [0.2, 0.25) is 0 Å². The fourth-order valence-corrected chi connectivity index (χ4v) is 0.632. The molecule has 13 nitrogen and oxygen atoms in total. The topological polar surface area (TPSA) is 237 Å². The van der Waals surface area contributed by atoms with Crippen LogP contribution >= 0.6 is 10.7 Å². The second kappa shape index (κ2) is 13.8. The summed E-state index contributed by atoms with van der Waals surface area (Å²) in [6.45, 7) is 0. The van der Waals surface area contributed by atoms with Crippen LogP contribution in [-0.4, -0.2) is 43.5 Å². The Morgan fingerprint density at radius 2 is 0.842 bits per heavy atom. The predicted molar refractivity (Wildman–Crippen MR) is 52.1 cm³/mol. The van der Waals surface area contributed by atoms with E-state index in [1.165, 1.54) is 0 Å². The SMILES string of the molecule is N.O=S(=O)(O)O.O=S(=O)(O)OOS(=O)(=O)O.[Cu].[S]=[Ni]. The molecule has 0 saturated carbocycles. The summed E-state index contributed by atoms with van der Waals surface area (Å²) in [5.74, 6) is 0. The summed E-state index contributed by atoms with van der Waals surface area (Å²) in [6.07, 6.45) is 0. The van der Waals surface area contributed by atoms with Crippen molar-refractivity contribution in [3.05, 3.63) is 0 Å². The van der Waals surface area contributed by atoms with Crippen LogP contribution in [0.3, 0.4) is 0 Å². The maximum absolute atomic E-state index is 9.51. The Morgan fingerprint density at radius 1 is 0.737 bits per heavy atom. The summed E-state index contributed by atoms with van der Waals surface area (Å²) < 4.78 is 90.5. The zero-order valence-electron chi connectivity index (χ0n) is 8.01. The molecule has 7 N–H and O–H groups in total.